The van der Waals surface area contributed by atoms with E-state index in [9.17, 15) is 4.79 Å². The van der Waals surface area contributed by atoms with Crippen LogP contribution in [0.5, 0.6) is 0 Å². The molecule has 1 amide bonds. The van der Waals surface area contributed by atoms with Gasteiger partial charge in [0.1, 0.15) is 0 Å². The Kier molecular flexibility index (Phi) is 3.56. The van der Waals surface area contributed by atoms with E-state index in [4.69, 9.17) is 5.73 Å². The Labute approximate surface area is 114 Å². The molecule has 3 rings (SSSR count). The van der Waals surface area contributed by atoms with Crippen molar-refractivity contribution in [3.8, 4) is 0 Å². The zero-order valence-electron chi connectivity index (χ0n) is 11.4. The molecule has 0 spiro atoms. The third kappa shape index (κ3) is 2.52. The normalized spacial score (nSPS) is 21.7. The first-order valence-corrected chi connectivity index (χ1v) is 7.38. The van der Waals surface area contributed by atoms with E-state index in [0.29, 0.717) is 13.0 Å². The number of nitrogens with zero attached hydrogens (tertiary/aromatic N) is 1. The molecule has 1 aliphatic heterocycles. The van der Waals surface area contributed by atoms with Crippen LogP contribution in [0.2, 0.25) is 0 Å². The lowest BCUT2D eigenvalue weighted by molar-refractivity contribution is -0.131. The first-order valence-electron chi connectivity index (χ1n) is 7.38. The van der Waals surface area contributed by atoms with Gasteiger partial charge in [0, 0.05) is 19.1 Å². The van der Waals surface area contributed by atoms with Crippen molar-refractivity contribution in [3.63, 3.8) is 0 Å². The zero-order valence-corrected chi connectivity index (χ0v) is 11.4. The van der Waals surface area contributed by atoms with Gasteiger partial charge >= 0.3 is 0 Å². The average Bonchev–Trinajstić information content (AvgIpc) is 3.06. The maximum Gasteiger partial charge on any atom is 0.227 e. The quantitative estimate of drug-likeness (QED) is 0.896. The number of rotatable bonds is 3. The molecule has 1 saturated heterocycles. The lowest BCUT2D eigenvalue weighted by Gasteiger charge is -2.23. The number of benzene rings is 1. The van der Waals surface area contributed by atoms with Crippen molar-refractivity contribution in [1.82, 2.24) is 4.90 Å². The molecule has 2 N–H and O–H groups in total. The standard InChI is InChI=1S/C16H22N2O/c17-11-15-5-2-8-18(15)16(19)10-12-6-7-13-3-1-4-14(13)9-12/h6-7,9,15H,1-5,8,10-11,17H2. The fraction of sp³-hybridized carbons (Fsp3) is 0.562. The van der Waals surface area contributed by atoms with E-state index in [1.54, 1.807) is 0 Å². The molecule has 3 nitrogen and oxygen atoms in total. The van der Waals surface area contributed by atoms with Gasteiger partial charge in [-0.05, 0) is 48.8 Å². The number of hydrogen-bond donors (Lipinski definition) is 1. The fourth-order valence-corrected chi connectivity index (χ4v) is 3.42. The summed E-state index contributed by atoms with van der Waals surface area (Å²) in [7, 11) is 0. The Morgan fingerprint density at radius 3 is 2.95 bits per heavy atom. The Balaban J connectivity index is 1.69. The van der Waals surface area contributed by atoms with Gasteiger partial charge in [-0.25, -0.2) is 0 Å². The van der Waals surface area contributed by atoms with Crippen molar-refractivity contribution >= 4 is 5.91 Å². The lowest BCUT2D eigenvalue weighted by atomic mass is 10.0. The van der Waals surface area contributed by atoms with E-state index in [-0.39, 0.29) is 11.9 Å². The predicted molar refractivity (Wildman–Crippen MR) is 76.0 cm³/mol. The highest BCUT2D eigenvalue weighted by Gasteiger charge is 2.27. The lowest BCUT2D eigenvalue weighted by Crippen LogP contribution is -2.40. The summed E-state index contributed by atoms with van der Waals surface area (Å²) in [5.41, 5.74) is 9.81. The van der Waals surface area contributed by atoms with E-state index in [2.05, 4.69) is 18.2 Å². The van der Waals surface area contributed by atoms with Crippen LogP contribution in [0.15, 0.2) is 18.2 Å². The van der Waals surface area contributed by atoms with E-state index < -0.39 is 0 Å². The SMILES string of the molecule is NCC1CCCN1C(=O)Cc1ccc2c(c1)CCC2. The summed E-state index contributed by atoms with van der Waals surface area (Å²) >= 11 is 0. The van der Waals surface area contributed by atoms with Gasteiger partial charge in [0.2, 0.25) is 5.91 Å². The summed E-state index contributed by atoms with van der Waals surface area (Å²) < 4.78 is 0. The summed E-state index contributed by atoms with van der Waals surface area (Å²) in [5, 5.41) is 0. The molecule has 1 aromatic rings. The molecule has 3 heteroatoms. The van der Waals surface area contributed by atoms with Gasteiger partial charge in [-0.3, -0.25) is 4.79 Å². The highest BCUT2D eigenvalue weighted by Crippen LogP contribution is 2.24. The van der Waals surface area contributed by atoms with E-state index in [1.165, 1.54) is 30.4 Å². The molecule has 0 bridgehead atoms. The fourth-order valence-electron chi connectivity index (χ4n) is 3.42. The summed E-state index contributed by atoms with van der Waals surface area (Å²) in [6, 6.07) is 6.82. The summed E-state index contributed by atoms with van der Waals surface area (Å²) in [5.74, 6) is 0.242. The number of carbonyl (C=O) groups is 1. The Morgan fingerprint density at radius 2 is 2.11 bits per heavy atom. The Morgan fingerprint density at radius 1 is 1.26 bits per heavy atom. The molecular weight excluding hydrogens is 236 g/mol. The minimum Gasteiger partial charge on any atom is -0.338 e. The highest BCUT2D eigenvalue weighted by molar-refractivity contribution is 5.79. The van der Waals surface area contributed by atoms with Crippen molar-refractivity contribution in [2.45, 2.75) is 44.6 Å². The number of fused-ring (bicyclic) bond motifs is 1. The van der Waals surface area contributed by atoms with Crippen molar-refractivity contribution in [2.75, 3.05) is 13.1 Å². The van der Waals surface area contributed by atoms with Gasteiger partial charge < -0.3 is 10.6 Å². The Hall–Kier alpha value is -1.35. The van der Waals surface area contributed by atoms with Crippen LogP contribution in [0, 0.1) is 0 Å². The van der Waals surface area contributed by atoms with Gasteiger partial charge in [0.05, 0.1) is 6.42 Å². The molecule has 102 valence electrons. The first-order chi connectivity index (χ1) is 9.28. The van der Waals surface area contributed by atoms with Gasteiger partial charge in [-0.15, -0.1) is 0 Å². The van der Waals surface area contributed by atoms with Gasteiger partial charge in [0.25, 0.3) is 0 Å². The topological polar surface area (TPSA) is 46.3 Å². The van der Waals surface area contributed by atoms with E-state index in [1.807, 2.05) is 4.90 Å². The van der Waals surface area contributed by atoms with Crippen LogP contribution in [0.25, 0.3) is 0 Å². The summed E-state index contributed by atoms with van der Waals surface area (Å²) in [4.78, 5) is 14.3. The second-order valence-electron chi connectivity index (χ2n) is 5.75. The van der Waals surface area contributed by atoms with Crippen molar-refractivity contribution < 1.29 is 4.79 Å². The number of aryl methyl sites for hydroxylation is 2. The highest BCUT2D eigenvalue weighted by atomic mass is 16.2. The second kappa shape index (κ2) is 5.33. The summed E-state index contributed by atoms with van der Waals surface area (Å²) in [6.45, 7) is 1.47. The van der Waals surface area contributed by atoms with Gasteiger partial charge in [0.15, 0.2) is 0 Å². The van der Waals surface area contributed by atoms with Crippen LogP contribution < -0.4 is 5.73 Å². The molecule has 1 heterocycles. The largest absolute Gasteiger partial charge is 0.338 e. The Bertz CT molecular complexity index is 484. The monoisotopic (exact) mass is 258 g/mol. The van der Waals surface area contributed by atoms with Crippen LogP contribution >= 0.6 is 0 Å². The number of nitrogens with two attached hydrogens (primary N) is 1. The minimum atomic E-state index is 0.242. The molecule has 1 aromatic carbocycles. The number of amides is 1. The molecule has 1 fully saturated rings. The van der Waals surface area contributed by atoms with Crippen molar-refractivity contribution in [2.24, 2.45) is 5.73 Å². The zero-order chi connectivity index (χ0) is 13.2. The maximum atomic E-state index is 12.4. The molecular formula is C16H22N2O. The maximum absolute atomic E-state index is 12.4. The van der Waals surface area contributed by atoms with E-state index in [0.717, 1.165) is 24.9 Å². The van der Waals surface area contributed by atoms with Crippen LogP contribution in [0.3, 0.4) is 0 Å². The van der Waals surface area contributed by atoms with E-state index >= 15 is 0 Å². The first kappa shape index (κ1) is 12.7. The molecule has 1 aliphatic carbocycles. The molecule has 0 radical (unpaired) electrons. The number of hydrogen-bond acceptors (Lipinski definition) is 2. The van der Waals surface area contributed by atoms with Crippen LogP contribution in [0.4, 0.5) is 0 Å². The van der Waals surface area contributed by atoms with Gasteiger partial charge in [-0.1, -0.05) is 18.2 Å². The minimum absolute atomic E-state index is 0.242. The number of carbonyl (C=O) groups excluding carboxylic acids is 1. The second-order valence-corrected chi connectivity index (χ2v) is 5.75. The van der Waals surface area contributed by atoms with Crippen LogP contribution in [-0.2, 0) is 24.1 Å². The van der Waals surface area contributed by atoms with Crippen molar-refractivity contribution in [1.29, 1.82) is 0 Å². The average molecular weight is 258 g/mol. The van der Waals surface area contributed by atoms with Gasteiger partial charge in [-0.2, -0.15) is 0 Å². The van der Waals surface area contributed by atoms with Crippen molar-refractivity contribution in [3.05, 3.63) is 34.9 Å². The van der Waals surface area contributed by atoms with Crippen LogP contribution in [0.1, 0.15) is 36.0 Å². The van der Waals surface area contributed by atoms with Crippen LogP contribution in [-0.4, -0.2) is 29.9 Å². The predicted octanol–water partition coefficient (Wildman–Crippen LogP) is 1.67. The third-order valence-electron chi connectivity index (χ3n) is 4.49. The molecule has 19 heavy (non-hydrogen) atoms. The molecule has 0 saturated carbocycles. The molecule has 2 aliphatic rings. The smallest absolute Gasteiger partial charge is 0.227 e. The molecule has 1 atom stereocenters. The summed E-state index contributed by atoms with van der Waals surface area (Å²) in [6.07, 6.45) is 6.32. The third-order valence-corrected chi connectivity index (χ3v) is 4.49. The molecule has 0 aromatic heterocycles. The number of likely N-dealkylation sites (tertiary alicyclic amines) is 1. The molecule has 1 unspecified atom stereocenters.